The fraction of sp³-hybridized carbons (Fsp3) is 0.0909. The third kappa shape index (κ3) is 4.95. The zero-order chi connectivity index (χ0) is 19.2. The highest BCUT2D eigenvalue weighted by Gasteiger charge is 2.09. The summed E-state index contributed by atoms with van der Waals surface area (Å²) in [4.78, 5) is 24.6. The van der Waals surface area contributed by atoms with E-state index >= 15 is 0 Å². The topological polar surface area (TPSA) is 70.2 Å². The molecule has 3 rings (SSSR count). The first kappa shape index (κ1) is 18.2. The van der Waals surface area contributed by atoms with Gasteiger partial charge in [-0.25, -0.2) is 4.79 Å². The Balaban J connectivity index is 1.69. The molecule has 0 radical (unpaired) electrons. The number of aryl methyl sites for hydroxylation is 2. The highest BCUT2D eigenvalue weighted by molar-refractivity contribution is 6.05. The molecule has 0 heterocycles. The lowest BCUT2D eigenvalue weighted by Gasteiger charge is -2.12. The molecule has 0 spiro atoms. The van der Waals surface area contributed by atoms with Crippen molar-refractivity contribution in [2.24, 2.45) is 0 Å². The van der Waals surface area contributed by atoms with Gasteiger partial charge in [0, 0.05) is 22.6 Å². The Kier molecular flexibility index (Phi) is 5.52. The number of rotatable bonds is 4. The average molecular weight is 359 g/mol. The van der Waals surface area contributed by atoms with E-state index < -0.39 is 0 Å². The van der Waals surface area contributed by atoms with Crippen molar-refractivity contribution in [3.63, 3.8) is 0 Å². The summed E-state index contributed by atoms with van der Waals surface area (Å²) in [5.41, 5.74) is 4.53. The number of anilines is 3. The number of benzene rings is 3. The molecule has 3 N–H and O–H groups in total. The number of carbonyl (C=O) groups excluding carboxylic acids is 2. The third-order valence-electron chi connectivity index (χ3n) is 4.09. The maximum absolute atomic E-state index is 12.4. The van der Waals surface area contributed by atoms with Gasteiger partial charge in [0.25, 0.3) is 5.91 Å². The minimum Gasteiger partial charge on any atom is -0.322 e. The first-order valence-electron chi connectivity index (χ1n) is 8.63. The highest BCUT2D eigenvalue weighted by atomic mass is 16.2. The molecular weight excluding hydrogens is 338 g/mol. The Morgan fingerprint density at radius 3 is 2.07 bits per heavy atom. The molecule has 3 aromatic rings. The maximum atomic E-state index is 12.4. The Hall–Kier alpha value is -3.60. The van der Waals surface area contributed by atoms with Gasteiger partial charge in [-0.1, -0.05) is 42.0 Å². The van der Waals surface area contributed by atoms with E-state index in [1.165, 1.54) is 0 Å². The summed E-state index contributed by atoms with van der Waals surface area (Å²) in [7, 11) is 0. The zero-order valence-corrected chi connectivity index (χ0v) is 15.2. The molecule has 5 nitrogen and oxygen atoms in total. The largest absolute Gasteiger partial charge is 0.323 e. The quantitative estimate of drug-likeness (QED) is 0.599. The zero-order valence-electron chi connectivity index (χ0n) is 15.2. The van der Waals surface area contributed by atoms with Gasteiger partial charge in [0.05, 0.1) is 0 Å². The van der Waals surface area contributed by atoms with Crippen LogP contribution in [0.15, 0.2) is 72.8 Å². The van der Waals surface area contributed by atoms with Crippen molar-refractivity contribution < 1.29 is 9.59 Å². The molecule has 0 unspecified atom stereocenters. The Morgan fingerprint density at radius 1 is 0.704 bits per heavy atom. The van der Waals surface area contributed by atoms with Crippen LogP contribution < -0.4 is 16.0 Å². The van der Waals surface area contributed by atoms with Crippen LogP contribution in [0.4, 0.5) is 21.9 Å². The second kappa shape index (κ2) is 8.19. The van der Waals surface area contributed by atoms with Gasteiger partial charge in [0.2, 0.25) is 0 Å². The number of hydrogen-bond acceptors (Lipinski definition) is 2. The normalized spacial score (nSPS) is 10.1. The van der Waals surface area contributed by atoms with E-state index in [9.17, 15) is 9.59 Å². The second-order valence-corrected chi connectivity index (χ2v) is 6.29. The summed E-state index contributed by atoms with van der Waals surface area (Å²) >= 11 is 0. The molecule has 3 aromatic carbocycles. The first-order chi connectivity index (χ1) is 13.0. The van der Waals surface area contributed by atoms with E-state index in [2.05, 4.69) is 16.0 Å². The fourth-order valence-electron chi connectivity index (χ4n) is 2.55. The predicted octanol–water partition coefficient (Wildman–Crippen LogP) is 5.20. The minimum absolute atomic E-state index is 0.191. The molecule has 0 aliphatic heterocycles. The summed E-state index contributed by atoms with van der Waals surface area (Å²) in [6.07, 6.45) is 0. The Labute approximate surface area is 158 Å². The van der Waals surface area contributed by atoms with E-state index in [1.807, 2.05) is 62.4 Å². The molecule has 0 saturated carbocycles. The van der Waals surface area contributed by atoms with E-state index in [0.717, 1.165) is 11.1 Å². The molecule has 0 aromatic heterocycles. The Morgan fingerprint density at radius 2 is 1.37 bits per heavy atom. The van der Waals surface area contributed by atoms with Crippen LogP contribution in [0, 0.1) is 13.8 Å². The lowest BCUT2D eigenvalue weighted by atomic mass is 10.1. The molecule has 0 saturated heterocycles. The van der Waals surface area contributed by atoms with Gasteiger partial charge in [-0.2, -0.15) is 0 Å². The fourth-order valence-corrected chi connectivity index (χ4v) is 2.55. The smallest absolute Gasteiger partial charge is 0.322 e. The van der Waals surface area contributed by atoms with Crippen molar-refractivity contribution >= 4 is 29.0 Å². The molecule has 27 heavy (non-hydrogen) atoms. The number of nitrogens with one attached hydrogen (secondary N) is 3. The van der Waals surface area contributed by atoms with Crippen molar-refractivity contribution in [1.29, 1.82) is 0 Å². The third-order valence-corrected chi connectivity index (χ3v) is 4.09. The van der Waals surface area contributed by atoms with Crippen LogP contribution in [0.1, 0.15) is 21.5 Å². The van der Waals surface area contributed by atoms with Crippen LogP contribution in [0.2, 0.25) is 0 Å². The van der Waals surface area contributed by atoms with Gasteiger partial charge in [-0.15, -0.1) is 0 Å². The molecule has 0 atom stereocenters. The lowest BCUT2D eigenvalue weighted by Crippen LogP contribution is -2.19. The molecule has 136 valence electrons. The molecule has 3 amide bonds. The van der Waals surface area contributed by atoms with Crippen molar-refractivity contribution in [1.82, 2.24) is 0 Å². The van der Waals surface area contributed by atoms with E-state index in [4.69, 9.17) is 0 Å². The number of hydrogen-bond donors (Lipinski definition) is 3. The summed E-state index contributed by atoms with van der Waals surface area (Å²) < 4.78 is 0. The van der Waals surface area contributed by atoms with Crippen LogP contribution in [0.25, 0.3) is 0 Å². The number of carbonyl (C=O) groups is 2. The molecule has 0 fully saturated rings. The van der Waals surface area contributed by atoms with Crippen LogP contribution in [-0.2, 0) is 0 Å². The van der Waals surface area contributed by atoms with Gasteiger partial charge in [0.15, 0.2) is 0 Å². The average Bonchev–Trinajstić information content (AvgIpc) is 2.65. The van der Waals surface area contributed by atoms with Gasteiger partial charge >= 0.3 is 6.03 Å². The van der Waals surface area contributed by atoms with Gasteiger partial charge in [-0.3, -0.25) is 4.79 Å². The predicted molar refractivity (Wildman–Crippen MR) is 109 cm³/mol. The van der Waals surface area contributed by atoms with Crippen LogP contribution in [0.3, 0.4) is 0 Å². The van der Waals surface area contributed by atoms with Crippen LogP contribution in [-0.4, -0.2) is 11.9 Å². The summed E-state index contributed by atoms with van der Waals surface area (Å²) in [6.45, 7) is 3.88. The number of para-hydroxylation sites is 1. The van der Waals surface area contributed by atoms with E-state index in [0.29, 0.717) is 22.6 Å². The second-order valence-electron chi connectivity index (χ2n) is 6.29. The van der Waals surface area contributed by atoms with Crippen molar-refractivity contribution in [2.45, 2.75) is 13.8 Å². The van der Waals surface area contributed by atoms with Crippen molar-refractivity contribution in [3.05, 3.63) is 89.5 Å². The van der Waals surface area contributed by atoms with Crippen molar-refractivity contribution in [3.8, 4) is 0 Å². The van der Waals surface area contributed by atoms with E-state index in [-0.39, 0.29) is 11.9 Å². The van der Waals surface area contributed by atoms with Gasteiger partial charge < -0.3 is 16.0 Å². The Bertz CT molecular complexity index is 951. The number of amides is 3. The van der Waals surface area contributed by atoms with E-state index in [1.54, 1.807) is 24.3 Å². The SMILES string of the molecule is Cc1ccc(C(=O)Nc2cc(NC(=O)Nc3ccccc3)ccc2C)cc1. The molecule has 5 heteroatoms. The first-order valence-corrected chi connectivity index (χ1v) is 8.63. The summed E-state index contributed by atoms with van der Waals surface area (Å²) in [6, 6.07) is 21.6. The molecule has 0 aliphatic carbocycles. The summed E-state index contributed by atoms with van der Waals surface area (Å²) in [5.74, 6) is -0.191. The lowest BCUT2D eigenvalue weighted by molar-refractivity contribution is 0.102. The standard InChI is InChI=1S/C22H21N3O2/c1-15-8-11-17(12-9-15)21(26)25-20-14-19(13-10-16(20)2)24-22(27)23-18-6-4-3-5-7-18/h3-14H,1-2H3,(H,25,26)(H2,23,24,27). The number of urea groups is 1. The molecule has 0 aliphatic rings. The monoisotopic (exact) mass is 359 g/mol. The van der Waals surface area contributed by atoms with Gasteiger partial charge in [0.1, 0.15) is 0 Å². The van der Waals surface area contributed by atoms with Gasteiger partial charge in [-0.05, 0) is 55.8 Å². The molecule has 0 bridgehead atoms. The minimum atomic E-state index is -0.346. The van der Waals surface area contributed by atoms with Crippen molar-refractivity contribution in [2.75, 3.05) is 16.0 Å². The maximum Gasteiger partial charge on any atom is 0.323 e. The van der Waals surface area contributed by atoms with Crippen LogP contribution in [0.5, 0.6) is 0 Å². The summed E-state index contributed by atoms with van der Waals surface area (Å²) in [5, 5.41) is 8.43. The molecular formula is C22H21N3O2. The van der Waals surface area contributed by atoms with Crippen LogP contribution >= 0.6 is 0 Å². The highest BCUT2D eigenvalue weighted by Crippen LogP contribution is 2.21.